The van der Waals surface area contributed by atoms with E-state index in [0.717, 1.165) is 12.8 Å². The molecular weight excluding hydrogens is 312 g/mol. The average Bonchev–Trinajstić information content (AvgIpc) is 2.85. The summed E-state index contributed by atoms with van der Waals surface area (Å²) in [6.45, 7) is 8.97. The summed E-state index contributed by atoms with van der Waals surface area (Å²) in [6, 6.07) is 0.256. The second-order valence-corrected chi connectivity index (χ2v) is 7.91. The van der Waals surface area contributed by atoms with Gasteiger partial charge in [-0.3, -0.25) is 9.36 Å². The Bertz CT molecular complexity index is 583. The zero-order valence-electron chi connectivity index (χ0n) is 14.5. The van der Waals surface area contributed by atoms with Crippen LogP contribution in [0.25, 0.3) is 0 Å². The SMILES string of the molecule is CCCn1c(S[C@@H](C)C(=O)N[C@H]2CCC[C@H](C)[C@@H]2C)n[nH]c1=O. The van der Waals surface area contributed by atoms with Crippen LogP contribution in [0, 0.1) is 11.8 Å². The lowest BCUT2D eigenvalue weighted by Crippen LogP contribution is -2.46. The number of hydrogen-bond donors (Lipinski definition) is 2. The Hall–Kier alpha value is -1.24. The number of carbonyl (C=O) groups excluding carboxylic acids is 1. The predicted octanol–water partition coefficient (Wildman–Crippen LogP) is 2.40. The molecule has 2 N–H and O–H groups in total. The van der Waals surface area contributed by atoms with Crippen LogP contribution in [0.5, 0.6) is 0 Å². The highest BCUT2D eigenvalue weighted by molar-refractivity contribution is 8.00. The predicted molar refractivity (Wildman–Crippen MR) is 92.6 cm³/mol. The Kier molecular flexibility index (Phi) is 6.33. The summed E-state index contributed by atoms with van der Waals surface area (Å²) in [4.78, 5) is 24.2. The van der Waals surface area contributed by atoms with Crippen LogP contribution in [0.15, 0.2) is 9.95 Å². The standard InChI is InChI=1S/C16H28N4O2S/c1-5-9-20-15(22)18-19-16(20)23-12(4)14(21)17-13-8-6-7-10(2)11(13)3/h10-13H,5-9H2,1-4H3,(H,17,21)(H,18,22)/t10-,11-,12-,13-/m0/s1. The average molecular weight is 340 g/mol. The number of amides is 1. The number of aromatic nitrogens is 3. The monoisotopic (exact) mass is 340 g/mol. The van der Waals surface area contributed by atoms with E-state index in [-0.39, 0.29) is 22.9 Å². The van der Waals surface area contributed by atoms with Crippen molar-refractivity contribution in [3.8, 4) is 0 Å². The summed E-state index contributed by atoms with van der Waals surface area (Å²) in [5, 5.41) is 10.0. The van der Waals surface area contributed by atoms with Gasteiger partial charge in [0.05, 0.1) is 5.25 Å². The van der Waals surface area contributed by atoms with Crippen molar-refractivity contribution in [2.75, 3.05) is 0 Å². The molecule has 0 aliphatic heterocycles. The molecule has 1 saturated carbocycles. The van der Waals surface area contributed by atoms with Crippen molar-refractivity contribution in [2.24, 2.45) is 11.8 Å². The van der Waals surface area contributed by atoms with Gasteiger partial charge < -0.3 is 5.32 Å². The maximum Gasteiger partial charge on any atom is 0.343 e. The number of aromatic amines is 1. The normalized spacial score (nSPS) is 26.0. The minimum atomic E-state index is -0.273. The number of carbonyl (C=O) groups is 1. The Balaban J connectivity index is 1.96. The van der Waals surface area contributed by atoms with Gasteiger partial charge in [0.25, 0.3) is 0 Å². The van der Waals surface area contributed by atoms with Crippen molar-refractivity contribution in [2.45, 2.75) is 76.4 Å². The van der Waals surface area contributed by atoms with Crippen molar-refractivity contribution in [1.82, 2.24) is 20.1 Å². The van der Waals surface area contributed by atoms with E-state index < -0.39 is 0 Å². The molecule has 130 valence electrons. The molecule has 0 bridgehead atoms. The molecule has 1 aliphatic rings. The summed E-state index contributed by atoms with van der Waals surface area (Å²) >= 11 is 1.34. The number of rotatable bonds is 6. The second kappa shape index (κ2) is 8.04. The molecule has 0 radical (unpaired) electrons. The fraction of sp³-hybridized carbons (Fsp3) is 0.812. The summed E-state index contributed by atoms with van der Waals surface area (Å²) < 4.78 is 1.60. The van der Waals surface area contributed by atoms with E-state index in [1.807, 2.05) is 13.8 Å². The van der Waals surface area contributed by atoms with Gasteiger partial charge in [0.1, 0.15) is 0 Å². The van der Waals surface area contributed by atoms with Gasteiger partial charge >= 0.3 is 5.69 Å². The van der Waals surface area contributed by atoms with Crippen LogP contribution in [0.4, 0.5) is 0 Å². The molecule has 0 saturated heterocycles. The Morgan fingerprint density at radius 2 is 2.22 bits per heavy atom. The van der Waals surface area contributed by atoms with Crippen molar-refractivity contribution >= 4 is 17.7 Å². The molecule has 1 aliphatic carbocycles. The maximum atomic E-state index is 12.5. The van der Waals surface area contributed by atoms with E-state index in [9.17, 15) is 9.59 Å². The Morgan fingerprint density at radius 3 is 2.91 bits per heavy atom. The molecule has 2 rings (SSSR count). The van der Waals surface area contributed by atoms with Gasteiger partial charge in [-0.2, -0.15) is 0 Å². The molecular formula is C16H28N4O2S. The first-order valence-corrected chi connectivity index (χ1v) is 9.44. The second-order valence-electron chi connectivity index (χ2n) is 6.61. The van der Waals surface area contributed by atoms with Gasteiger partial charge in [-0.25, -0.2) is 9.89 Å². The van der Waals surface area contributed by atoms with Crippen LogP contribution >= 0.6 is 11.8 Å². The Labute approximate surface area is 141 Å². The van der Waals surface area contributed by atoms with Crippen LogP contribution in [-0.4, -0.2) is 32.0 Å². The molecule has 1 aromatic heterocycles. The van der Waals surface area contributed by atoms with E-state index in [4.69, 9.17) is 0 Å². The van der Waals surface area contributed by atoms with Crippen LogP contribution in [0.2, 0.25) is 0 Å². The maximum absolute atomic E-state index is 12.5. The molecule has 23 heavy (non-hydrogen) atoms. The number of H-pyrrole nitrogens is 1. The molecule has 7 heteroatoms. The number of nitrogens with zero attached hydrogens (tertiary/aromatic N) is 2. The van der Waals surface area contributed by atoms with Crippen LogP contribution in [0.3, 0.4) is 0 Å². The highest BCUT2D eigenvalue weighted by atomic mass is 32.2. The van der Waals surface area contributed by atoms with Gasteiger partial charge in [-0.15, -0.1) is 5.10 Å². The smallest absolute Gasteiger partial charge is 0.343 e. The summed E-state index contributed by atoms with van der Waals surface area (Å²) in [7, 11) is 0. The molecule has 0 spiro atoms. The number of thioether (sulfide) groups is 1. The molecule has 1 fully saturated rings. The molecule has 4 atom stereocenters. The van der Waals surface area contributed by atoms with Gasteiger partial charge in [0, 0.05) is 12.6 Å². The molecule has 1 aromatic rings. The van der Waals surface area contributed by atoms with Crippen molar-refractivity contribution in [3.63, 3.8) is 0 Å². The summed E-state index contributed by atoms with van der Waals surface area (Å²) in [6.07, 6.45) is 4.32. The lowest BCUT2D eigenvalue weighted by Gasteiger charge is -2.35. The van der Waals surface area contributed by atoms with E-state index >= 15 is 0 Å². The van der Waals surface area contributed by atoms with Gasteiger partial charge in [0.15, 0.2) is 5.16 Å². The van der Waals surface area contributed by atoms with Crippen molar-refractivity contribution in [1.29, 1.82) is 0 Å². The zero-order chi connectivity index (χ0) is 17.0. The highest BCUT2D eigenvalue weighted by Gasteiger charge is 2.29. The molecule has 1 amide bonds. The van der Waals surface area contributed by atoms with Crippen molar-refractivity contribution in [3.05, 3.63) is 10.5 Å². The van der Waals surface area contributed by atoms with E-state index in [2.05, 4.69) is 29.4 Å². The van der Waals surface area contributed by atoms with Gasteiger partial charge in [0.2, 0.25) is 5.91 Å². The number of hydrogen-bond acceptors (Lipinski definition) is 4. The Morgan fingerprint density at radius 1 is 1.48 bits per heavy atom. The minimum absolute atomic E-state index is 0.0273. The fourth-order valence-corrected chi connectivity index (χ4v) is 4.00. The molecule has 1 heterocycles. The van der Waals surface area contributed by atoms with E-state index in [1.54, 1.807) is 4.57 Å². The van der Waals surface area contributed by atoms with Crippen LogP contribution in [-0.2, 0) is 11.3 Å². The molecule has 0 aromatic carbocycles. The van der Waals surface area contributed by atoms with E-state index in [0.29, 0.717) is 23.5 Å². The van der Waals surface area contributed by atoms with Gasteiger partial charge in [-0.1, -0.05) is 45.4 Å². The molecule has 0 unspecified atom stereocenters. The van der Waals surface area contributed by atoms with Gasteiger partial charge in [-0.05, 0) is 31.6 Å². The van der Waals surface area contributed by atoms with Crippen molar-refractivity contribution < 1.29 is 4.79 Å². The molecule has 6 nitrogen and oxygen atoms in total. The lowest BCUT2D eigenvalue weighted by atomic mass is 9.78. The topological polar surface area (TPSA) is 79.8 Å². The summed E-state index contributed by atoms with van der Waals surface area (Å²) in [5.41, 5.74) is -0.211. The van der Waals surface area contributed by atoms with Crippen LogP contribution in [0.1, 0.15) is 53.4 Å². The first-order valence-electron chi connectivity index (χ1n) is 8.56. The first-order chi connectivity index (χ1) is 10.9. The number of nitrogens with one attached hydrogen (secondary N) is 2. The van der Waals surface area contributed by atoms with E-state index in [1.165, 1.54) is 24.6 Å². The zero-order valence-corrected chi connectivity index (χ0v) is 15.3. The third-order valence-electron chi connectivity index (χ3n) is 4.86. The quantitative estimate of drug-likeness (QED) is 0.779. The minimum Gasteiger partial charge on any atom is -0.352 e. The first kappa shape index (κ1) is 18.1. The third kappa shape index (κ3) is 4.40. The largest absolute Gasteiger partial charge is 0.352 e. The lowest BCUT2D eigenvalue weighted by molar-refractivity contribution is -0.121. The fourth-order valence-electron chi connectivity index (χ4n) is 3.11. The third-order valence-corrected chi connectivity index (χ3v) is 5.95. The highest BCUT2D eigenvalue weighted by Crippen LogP contribution is 2.30. The van der Waals surface area contributed by atoms with Crippen LogP contribution < -0.4 is 11.0 Å². The summed E-state index contributed by atoms with van der Waals surface area (Å²) in [5.74, 6) is 1.19.